The molecule has 0 spiro atoms. The predicted octanol–water partition coefficient (Wildman–Crippen LogP) is 2.17. The highest BCUT2D eigenvalue weighted by atomic mass is 32.1. The molecule has 2 amide bonds. The van der Waals surface area contributed by atoms with E-state index in [1.165, 1.54) is 0 Å². The molecule has 2 aliphatic heterocycles. The van der Waals surface area contributed by atoms with Crippen molar-refractivity contribution in [3.8, 4) is 0 Å². The summed E-state index contributed by atoms with van der Waals surface area (Å²) in [5.74, 6) is 0.310. The number of imide groups is 1. The number of anilines is 1. The third-order valence-electron chi connectivity index (χ3n) is 5.07. The second-order valence-electron chi connectivity index (χ2n) is 6.55. The standard InChI is InChI=1S/C19H21N3O2S/c23-18-14-4-1-3-13-5-6-15(17(16(13)14)19(24)20-18)22-10-8-21(9-11-22)7-2-12-25/h1,3-6,25H,2,7-12H2,(H,20,23,24). The summed E-state index contributed by atoms with van der Waals surface area (Å²) < 4.78 is 0. The summed E-state index contributed by atoms with van der Waals surface area (Å²) in [7, 11) is 0. The first-order chi connectivity index (χ1) is 12.2. The van der Waals surface area contributed by atoms with Gasteiger partial charge in [0, 0.05) is 37.1 Å². The molecule has 0 radical (unpaired) electrons. The lowest BCUT2D eigenvalue weighted by molar-refractivity contribution is 0.0845. The van der Waals surface area contributed by atoms with Crippen molar-refractivity contribution in [2.75, 3.05) is 43.4 Å². The van der Waals surface area contributed by atoms with E-state index in [0.29, 0.717) is 11.1 Å². The third-order valence-corrected chi connectivity index (χ3v) is 5.38. The van der Waals surface area contributed by atoms with Crippen molar-refractivity contribution in [3.63, 3.8) is 0 Å². The van der Waals surface area contributed by atoms with Crippen molar-refractivity contribution < 1.29 is 9.59 Å². The molecule has 5 nitrogen and oxygen atoms in total. The minimum Gasteiger partial charge on any atom is -0.368 e. The van der Waals surface area contributed by atoms with E-state index in [2.05, 4.69) is 27.7 Å². The molecule has 0 aromatic heterocycles. The van der Waals surface area contributed by atoms with Crippen molar-refractivity contribution in [1.29, 1.82) is 0 Å². The first kappa shape index (κ1) is 16.4. The third kappa shape index (κ3) is 2.89. The Hall–Kier alpha value is -2.05. The van der Waals surface area contributed by atoms with Gasteiger partial charge in [0.1, 0.15) is 0 Å². The predicted molar refractivity (Wildman–Crippen MR) is 103 cm³/mol. The van der Waals surface area contributed by atoms with Gasteiger partial charge in [0.25, 0.3) is 11.8 Å². The number of amides is 2. The lowest BCUT2D eigenvalue weighted by Crippen LogP contribution is -2.47. The molecule has 1 N–H and O–H groups in total. The molecule has 0 bridgehead atoms. The zero-order valence-corrected chi connectivity index (χ0v) is 14.9. The molecule has 0 unspecified atom stereocenters. The summed E-state index contributed by atoms with van der Waals surface area (Å²) in [6, 6.07) is 9.62. The molecule has 2 heterocycles. The van der Waals surface area contributed by atoms with Crippen LogP contribution in [0.4, 0.5) is 5.69 Å². The van der Waals surface area contributed by atoms with Gasteiger partial charge >= 0.3 is 0 Å². The number of hydrogen-bond donors (Lipinski definition) is 2. The van der Waals surface area contributed by atoms with Crippen LogP contribution in [0.2, 0.25) is 0 Å². The number of hydrogen-bond acceptors (Lipinski definition) is 5. The molecule has 0 aliphatic carbocycles. The number of thiol groups is 1. The number of piperazine rings is 1. The second-order valence-corrected chi connectivity index (χ2v) is 7.00. The fraction of sp³-hybridized carbons (Fsp3) is 0.368. The Labute approximate surface area is 152 Å². The van der Waals surface area contributed by atoms with E-state index < -0.39 is 0 Å². The van der Waals surface area contributed by atoms with Gasteiger partial charge in [-0.05, 0) is 36.2 Å². The topological polar surface area (TPSA) is 52.7 Å². The van der Waals surface area contributed by atoms with Gasteiger partial charge in [0.05, 0.1) is 11.3 Å². The molecule has 6 heteroatoms. The molecule has 1 fully saturated rings. The Bertz CT molecular complexity index is 844. The molecule has 25 heavy (non-hydrogen) atoms. The van der Waals surface area contributed by atoms with Crippen LogP contribution in [0.15, 0.2) is 30.3 Å². The van der Waals surface area contributed by atoms with Crippen molar-refractivity contribution in [1.82, 2.24) is 10.2 Å². The molecule has 2 aromatic rings. The smallest absolute Gasteiger partial charge is 0.260 e. The van der Waals surface area contributed by atoms with Crippen molar-refractivity contribution in [2.24, 2.45) is 0 Å². The lowest BCUT2D eigenvalue weighted by atomic mass is 9.93. The average Bonchev–Trinajstić information content (AvgIpc) is 2.64. The van der Waals surface area contributed by atoms with Crippen LogP contribution in [0.5, 0.6) is 0 Å². The Kier molecular flexibility index (Phi) is 4.39. The van der Waals surface area contributed by atoms with Crippen LogP contribution in [0.3, 0.4) is 0 Å². The Morgan fingerprint density at radius 3 is 2.56 bits per heavy atom. The SMILES string of the molecule is O=C1NC(=O)c2c(N3CCN(CCCS)CC3)ccc3cccc1c23. The van der Waals surface area contributed by atoms with Gasteiger partial charge in [-0.1, -0.05) is 18.2 Å². The van der Waals surface area contributed by atoms with Gasteiger partial charge in [-0.2, -0.15) is 12.6 Å². The first-order valence-electron chi connectivity index (χ1n) is 8.68. The molecule has 0 saturated carbocycles. The number of carbonyl (C=O) groups excluding carboxylic acids is 2. The van der Waals surface area contributed by atoms with E-state index in [0.717, 1.165) is 61.4 Å². The van der Waals surface area contributed by atoms with Crippen molar-refractivity contribution >= 4 is 40.9 Å². The van der Waals surface area contributed by atoms with E-state index >= 15 is 0 Å². The number of benzene rings is 2. The van der Waals surface area contributed by atoms with Crippen LogP contribution in [0.1, 0.15) is 27.1 Å². The van der Waals surface area contributed by atoms with E-state index in [1.807, 2.05) is 24.3 Å². The fourth-order valence-electron chi connectivity index (χ4n) is 3.79. The van der Waals surface area contributed by atoms with Crippen molar-refractivity contribution in [3.05, 3.63) is 41.5 Å². The quantitative estimate of drug-likeness (QED) is 0.652. The van der Waals surface area contributed by atoms with Gasteiger partial charge in [0.2, 0.25) is 0 Å². The molecule has 1 saturated heterocycles. The molecule has 0 atom stereocenters. The zero-order chi connectivity index (χ0) is 17.4. The maximum absolute atomic E-state index is 12.6. The van der Waals surface area contributed by atoms with Crippen molar-refractivity contribution in [2.45, 2.75) is 6.42 Å². The number of rotatable bonds is 4. The molecular weight excluding hydrogens is 334 g/mol. The number of nitrogens with one attached hydrogen (secondary N) is 1. The van der Waals surface area contributed by atoms with Crippen LogP contribution in [-0.4, -0.2) is 55.2 Å². The Balaban J connectivity index is 1.69. The Morgan fingerprint density at radius 2 is 1.80 bits per heavy atom. The highest BCUT2D eigenvalue weighted by Gasteiger charge is 2.29. The van der Waals surface area contributed by atoms with Crippen LogP contribution in [-0.2, 0) is 0 Å². The largest absolute Gasteiger partial charge is 0.368 e. The van der Waals surface area contributed by atoms with E-state index in [-0.39, 0.29) is 11.8 Å². The minimum atomic E-state index is -0.308. The lowest BCUT2D eigenvalue weighted by Gasteiger charge is -2.37. The summed E-state index contributed by atoms with van der Waals surface area (Å²) in [4.78, 5) is 29.4. The first-order valence-corrected chi connectivity index (χ1v) is 9.32. The molecule has 4 rings (SSSR count). The summed E-state index contributed by atoms with van der Waals surface area (Å²) >= 11 is 4.28. The van der Waals surface area contributed by atoms with Gasteiger partial charge in [-0.15, -0.1) is 0 Å². The monoisotopic (exact) mass is 355 g/mol. The van der Waals surface area contributed by atoms with Crippen LogP contribution >= 0.6 is 12.6 Å². The summed E-state index contributed by atoms with van der Waals surface area (Å²) in [5.41, 5.74) is 2.15. The second kappa shape index (κ2) is 6.69. The van der Waals surface area contributed by atoms with Gasteiger partial charge in [-0.3, -0.25) is 19.8 Å². The summed E-state index contributed by atoms with van der Waals surface area (Å²) in [6.07, 6.45) is 1.10. The summed E-state index contributed by atoms with van der Waals surface area (Å²) in [6.45, 7) is 4.80. The normalized spacial score (nSPS) is 17.9. The maximum atomic E-state index is 12.6. The van der Waals surface area contributed by atoms with Crippen LogP contribution < -0.4 is 10.2 Å². The van der Waals surface area contributed by atoms with Crippen LogP contribution in [0, 0.1) is 0 Å². The molecule has 130 valence electrons. The minimum absolute atomic E-state index is 0.290. The van der Waals surface area contributed by atoms with Crippen LogP contribution in [0.25, 0.3) is 10.8 Å². The zero-order valence-electron chi connectivity index (χ0n) is 14.0. The van der Waals surface area contributed by atoms with Gasteiger partial charge in [0.15, 0.2) is 0 Å². The van der Waals surface area contributed by atoms with Gasteiger partial charge < -0.3 is 4.90 Å². The number of carbonyl (C=O) groups is 2. The molecular formula is C19H21N3O2S. The highest BCUT2D eigenvalue weighted by Crippen LogP contribution is 2.34. The molecule has 2 aliphatic rings. The van der Waals surface area contributed by atoms with E-state index in [9.17, 15) is 9.59 Å². The maximum Gasteiger partial charge on any atom is 0.260 e. The summed E-state index contributed by atoms with van der Waals surface area (Å²) in [5, 5.41) is 4.21. The average molecular weight is 355 g/mol. The van der Waals surface area contributed by atoms with E-state index in [1.54, 1.807) is 6.07 Å². The molecule has 2 aromatic carbocycles. The van der Waals surface area contributed by atoms with E-state index in [4.69, 9.17) is 0 Å². The Morgan fingerprint density at radius 1 is 1.00 bits per heavy atom. The van der Waals surface area contributed by atoms with Gasteiger partial charge in [-0.25, -0.2) is 0 Å². The number of nitrogens with zero attached hydrogens (tertiary/aromatic N) is 2. The fourth-order valence-corrected chi connectivity index (χ4v) is 3.93. The highest BCUT2D eigenvalue weighted by molar-refractivity contribution is 7.80.